The Morgan fingerprint density at radius 3 is 2.74 bits per heavy atom. The highest BCUT2D eigenvalue weighted by Gasteiger charge is 2.10. The number of tetrazole rings is 1. The fourth-order valence-corrected chi connectivity index (χ4v) is 2.42. The van der Waals surface area contributed by atoms with E-state index in [4.69, 9.17) is 0 Å². The number of amides is 1. The van der Waals surface area contributed by atoms with Gasteiger partial charge < -0.3 is 5.32 Å². The third-order valence-corrected chi connectivity index (χ3v) is 3.70. The Morgan fingerprint density at radius 2 is 2.00 bits per heavy atom. The van der Waals surface area contributed by atoms with E-state index >= 15 is 0 Å². The normalized spacial score (nSPS) is 10.5. The zero-order valence-corrected chi connectivity index (χ0v) is 12.9. The Labute approximate surface area is 135 Å². The fourth-order valence-electron chi connectivity index (χ4n) is 1.99. The van der Waals surface area contributed by atoms with Crippen LogP contribution in [0.4, 0.5) is 10.1 Å². The summed E-state index contributed by atoms with van der Waals surface area (Å²) in [7, 11) is 0. The van der Waals surface area contributed by atoms with Crippen LogP contribution in [0, 0.1) is 5.82 Å². The molecule has 1 amide bonds. The maximum absolute atomic E-state index is 12.9. The number of hydrogen-bond acceptors (Lipinski definition) is 5. The number of hydrogen-bond donors (Lipinski definition) is 1. The fraction of sp³-hybridized carbons (Fsp3) is 0.0667. The van der Waals surface area contributed by atoms with E-state index in [1.165, 1.54) is 36.0 Å². The monoisotopic (exact) mass is 329 g/mol. The van der Waals surface area contributed by atoms with Gasteiger partial charge in [0, 0.05) is 11.3 Å². The molecule has 0 saturated heterocycles. The van der Waals surface area contributed by atoms with Crippen LogP contribution in [0.25, 0.3) is 5.69 Å². The van der Waals surface area contributed by atoms with Gasteiger partial charge in [0.25, 0.3) is 5.91 Å². The molecule has 0 saturated carbocycles. The number of benzene rings is 2. The van der Waals surface area contributed by atoms with Gasteiger partial charge >= 0.3 is 0 Å². The molecule has 6 nitrogen and oxygen atoms in total. The molecule has 2 aromatic carbocycles. The number of carbonyl (C=O) groups is 1. The molecule has 0 bridgehead atoms. The van der Waals surface area contributed by atoms with E-state index < -0.39 is 0 Å². The van der Waals surface area contributed by atoms with Gasteiger partial charge in [0.05, 0.1) is 5.69 Å². The van der Waals surface area contributed by atoms with E-state index in [1.54, 1.807) is 22.9 Å². The van der Waals surface area contributed by atoms with Gasteiger partial charge in [-0.05, 0) is 59.1 Å². The summed E-state index contributed by atoms with van der Waals surface area (Å²) in [6, 6.07) is 12.5. The predicted molar refractivity (Wildman–Crippen MR) is 85.3 cm³/mol. The van der Waals surface area contributed by atoms with E-state index in [0.29, 0.717) is 16.4 Å². The number of carbonyl (C=O) groups excluding carboxylic acids is 1. The summed E-state index contributed by atoms with van der Waals surface area (Å²) in [5.74, 6) is -0.698. The molecular weight excluding hydrogens is 317 g/mol. The molecule has 3 aromatic rings. The molecular formula is C15H12FN5OS. The third-order valence-electron chi connectivity index (χ3n) is 3.08. The lowest BCUT2D eigenvalue weighted by molar-refractivity contribution is 0.102. The summed E-state index contributed by atoms with van der Waals surface area (Å²) in [6.45, 7) is 0. The highest BCUT2D eigenvalue weighted by atomic mass is 32.2. The highest BCUT2D eigenvalue weighted by Crippen LogP contribution is 2.19. The number of rotatable bonds is 4. The van der Waals surface area contributed by atoms with Crippen LogP contribution in [0.3, 0.4) is 0 Å². The first-order chi connectivity index (χ1) is 11.2. The van der Waals surface area contributed by atoms with Crippen LogP contribution in [0.5, 0.6) is 0 Å². The average molecular weight is 329 g/mol. The van der Waals surface area contributed by atoms with Crippen molar-refractivity contribution < 1.29 is 9.18 Å². The summed E-state index contributed by atoms with van der Waals surface area (Å²) < 4.78 is 14.5. The second kappa shape index (κ2) is 6.57. The summed E-state index contributed by atoms with van der Waals surface area (Å²) in [4.78, 5) is 12.2. The standard InChI is InChI=1S/C15H12FN5OS/c1-23-15-18-19-20-21(15)13-4-2-3-12(9-13)17-14(22)10-5-7-11(16)8-6-10/h2-9H,1H3,(H,17,22). The summed E-state index contributed by atoms with van der Waals surface area (Å²) >= 11 is 1.42. The lowest BCUT2D eigenvalue weighted by atomic mass is 10.2. The van der Waals surface area contributed by atoms with Crippen molar-refractivity contribution in [3.63, 3.8) is 0 Å². The van der Waals surface area contributed by atoms with Crippen molar-refractivity contribution in [3.8, 4) is 5.69 Å². The molecule has 0 aliphatic carbocycles. The first-order valence-electron chi connectivity index (χ1n) is 6.67. The largest absolute Gasteiger partial charge is 0.322 e. The Bertz CT molecular complexity index is 834. The Kier molecular flexibility index (Phi) is 4.33. The molecule has 1 aromatic heterocycles. The maximum atomic E-state index is 12.9. The molecule has 8 heteroatoms. The number of halogens is 1. The smallest absolute Gasteiger partial charge is 0.255 e. The molecule has 0 aliphatic heterocycles. The summed E-state index contributed by atoms with van der Waals surface area (Å²) in [5.41, 5.74) is 1.71. The van der Waals surface area contributed by atoms with Crippen LogP contribution < -0.4 is 5.32 Å². The van der Waals surface area contributed by atoms with Crippen LogP contribution in [-0.4, -0.2) is 32.4 Å². The van der Waals surface area contributed by atoms with E-state index in [0.717, 1.165) is 5.69 Å². The van der Waals surface area contributed by atoms with Gasteiger partial charge in [0.15, 0.2) is 0 Å². The van der Waals surface area contributed by atoms with Crippen molar-refractivity contribution in [2.75, 3.05) is 11.6 Å². The zero-order valence-electron chi connectivity index (χ0n) is 12.1. The van der Waals surface area contributed by atoms with Crippen molar-refractivity contribution in [1.29, 1.82) is 0 Å². The van der Waals surface area contributed by atoms with Gasteiger partial charge in [-0.25, -0.2) is 4.39 Å². The van der Waals surface area contributed by atoms with Crippen molar-refractivity contribution in [1.82, 2.24) is 20.2 Å². The first-order valence-corrected chi connectivity index (χ1v) is 7.89. The number of thioether (sulfide) groups is 1. The summed E-state index contributed by atoms with van der Waals surface area (Å²) in [6.07, 6.45) is 1.88. The van der Waals surface area contributed by atoms with E-state index in [9.17, 15) is 9.18 Å². The molecule has 0 unspecified atom stereocenters. The molecule has 0 radical (unpaired) electrons. The van der Waals surface area contributed by atoms with E-state index in [1.807, 2.05) is 12.3 Å². The van der Waals surface area contributed by atoms with E-state index in [-0.39, 0.29) is 11.7 Å². The van der Waals surface area contributed by atoms with Crippen molar-refractivity contribution in [2.45, 2.75) is 5.16 Å². The summed E-state index contributed by atoms with van der Waals surface area (Å²) in [5, 5.41) is 14.9. The quantitative estimate of drug-likeness (QED) is 0.745. The average Bonchev–Trinajstić information content (AvgIpc) is 3.04. The zero-order chi connectivity index (χ0) is 16.2. The number of nitrogens with one attached hydrogen (secondary N) is 1. The van der Waals surface area contributed by atoms with Crippen LogP contribution in [0.15, 0.2) is 53.7 Å². The SMILES string of the molecule is CSc1nnnn1-c1cccc(NC(=O)c2ccc(F)cc2)c1. The number of anilines is 1. The maximum Gasteiger partial charge on any atom is 0.255 e. The topological polar surface area (TPSA) is 72.7 Å². The minimum Gasteiger partial charge on any atom is -0.322 e. The van der Waals surface area contributed by atoms with Crippen LogP contribution in [0.1, 0.15) is 10.4 Å². The molecule has 3 rings (SSSR count). The van der Waals surface area contributed by atoms with Crippen LogP contribution >= 0.6 is 11.8 Å². The van der Waals surface area contributed by atoms with Gasteiger partial charge in [-0.15, -0.1) is 5.10 Å². The van der Waals surface area contributed by atoms with Gasteiger partial charge in [0.1, 0.15) is 5.82 Å². The van der Waals surface area contributed by atoms with Gasteiger partial charge in [-0.2, -0.15) is 4.68 Å². The van der Waals surface area contributed by atoms with Crippen molar-refractivity contribution >= 4 is 23.4 Å². The molecule has 23 heavy (non-hydrogen) atoms. The van der Waals surface area contributed by atoms with Gasteiger partial charge in [-0.3, -0.25) is 4.79 Å². The molecule has 0 aliphatic rings. The molecule has 0 atom stereocenters. The van der Waals surface area contributed by atoms with E-state index in [2.05, 4.69) is 20.8 Å². The molecule has 116 valence electrons. The van der Waals surface area contributed by atoms with Crippen LogP contribution in [-0.2, 0) is 0 Å². The van der Waals surface area contributed by atoms with Crippen molar-refractivity contribution in [3.05, 3.63) is 59.9 Å². The van der Waals surface area contributed by atoms with Gasteiger partial charge in [0.2, 0.25) is 5.16 Å². The second-order valence-corrected chi connectivity index (χ2v) is 5.36. The lowest BCUT2D eigenvalue weighted by Crippen LogP contribution is -2.12. The van der Waals surface area contributed by atoms with Crippen molar-refractivity contribution in [2.24, 2.45) is 0 Å². The molecule has 1 heterocycles. The highest BCUT2D eigenvalue weighted by molar-refractivity contribution is 7.98. The number of nitrogens with zero attached hydrogens (tertiary/aromatic N) is 4. The number of aromatic nitrogens is 4. The van der Waals surface area contributed by atoms with Gasteiger partial charge in [-0.1, -0.05) is 17.8 Å². The molecule has 1 N–H and O–H groups in total. The lowest BCUT2D eigenvalue weighted by Gasteiger charge is -2.08. The first kappa shape index (κ1) is 15.2. The minimum atomic E-state index is -0.383. The Hall–Kier alpha value is -2.74. The molecule has 0 fully saturated rings. The minimum absolute atomic E-state index is 0.316. The third kappa shape index (κ3) is 3.37. The Balaban J connectivity index is 1.83. The predicted octanol–water partition coefficient (Wildman–Crippen LogP) is 2.78. The molecule has 0 spiro atoms. The second-order valence-electron chi connectivity index (χ2n) is 4.59. The Morgan fingerprint density at radius 1 is 1.22 bits per heavy atom. The van der Waals surface area contributed by atoms with Crippen LogP contribution in [0.2, 0.25) is 0 Å².